The molecule has 33 heavy (non-hydrogen) atoms. The van der Waals surface area contributed by atoms with Crippen LogP contribution in [-0.2, 0) is 20.8 Å². The number of carbonyl (C=O) groups excluding carboxylic acids is 2. The number of benzene rings is 2. The van der Waals surface area contributed by atoms with Gasteiger partial charge in [0.2, 0.25) is 11.8 Å². The fraction of sp³-hybridized carbons (Fsp3) is 0.250. The first-order valence-corrected chi connectivity index (χ1v) is 10.1. The molecule has 1 aromatic heterocycles. The fourth-order valence-electron chi connectivity index (χ4n) is 3.17. The van der Waals surface area contributed by atoms with Gasteiger partial charge in [0, 0.05) is 22.8 Å². The third kappa shape index (κ3) is 7.58. The van der Waals surface area contributed by atoms with Gasteiger partial charge in [-0.05, 0) is 62.8 Å². The van der Waals surface area contributed by atoms with Crippen molar-refractivity contribution in [2.45, 2.75) is 20.3 Å². The second kappa shape index (κ2) is 11.6. The molecule has 0 bridgehead atoms. The summed E-state index contributed by atoms with van der Waals surface area (Å²) in [5.74, 6) is -0.402. The number of aryl methyl sites for hydroxylation is 2. The van der Waals surface area contributed by atoms with E-state index in [-0.39, 0.29) is 31.3 Å². The van der Waals surface area contributed by atoms with Gasteiger partial charge < -0.3 is 25.1 Å². The van der Waals surface area contributed by atoms with E-state index in [1.54, 1.807) is 23.1 Å². The second-order valence-corrected chi connectivity index (χ2v) is 7.74. The SMILES string of the molecule is Cc1ccc2c(CC(=O)Nc3ccc(C)c(NC(=O)CN(C)C)c3)cc(=O)oc2c1.O=CO. The highest BCUT2D eigenvalue weighted by Crippen LogP contribution is 2.22. The van der Waals surface area contributed by atoms with Crippen molar-refractivity contribution in [3.63, 3.8) is 0 Å². The summed E-state index contributed by atoms with van der Waals surface area (Å²) in [5.41, 5.74) is 3.64. The van der Waals surface area contributed by atoms with Crippen LogP contribution in [-0.4, -0.2) is 48.9 Å². The summed E-state index contributed by atoms with van der Waals surface area (Å²) >= 11 is 0. The van der Waals surface area contributed by atoms with Gasteiger partial charge in [0.15, 0.2) is 0 Å². The minimum absolute atomic E-state index is 0.0291. The van der Waals surface area contributed by atoms with Crippen molar-refractivity contribution in [2.24, 2.45) is 0 Å². The van der Waals surface area contributed by atoms with Crippen molar-refractivity contribution in [1.82, 2.24) is 4.90 Å². The normalized spacial score (nSPS) is 10.3. The molecule has 0 aliphatic carbocycles. The predicted octanol–water partition coefficient (Wildman–Crippen LogP) is 2.79. The highest BCUT2D eigenvalue weighted by Gasteiger charge is 2.12. The number of carboxylic acid groups (broad SMARTS) is 1. The molecule has 0 radical (unpaired) electrons. The van der Waals surface area contributed by atoms with Crippen LogP contribution in [0.5, 0.6) is 0 Å². The van der Waals surface area contributed by atoms with E-state index in [4.69, 9.17) is 14.3 Å². The monoisotopic (exact) mass is 453 g/mol. The Kier molecular flexibility index (Phi) is 8.88. The van der Waals surface area contributed by atoms with Crippen LogP contribution >= 0.6 is 0 Å². The maximum absolute atomic E-state index is 12.6. The first kappa shape index (κ1) is 25.3. The van der Waals surface area contributed by atoms with E-state index in [0.717, 1.165) is 16.5 Å². The van der Waals surface area contributed by atoms with Gasteiger partial charge in [-0.15, -0.1) is 0 Å². The number of hydrogen-bond acceptors (Lipinski definition) is 6. The molecule has 0 aliphatic heterocycles. The summed E-state index contributed by atoms with van der Waals surface area (Å²) in [6.45, 7) is 3.80. The molecule has 0 saturated carbocycles. The van der Waals surface area contributed by atoms with Crippen molar-refractivity contribution in [3.05, 3.63) is 69.6 Å². The standard InChI is InChI=1S/C23H25N3O4.CH2O2/c1-14-5-8-18-16(11-23(29)30-20(18)9-14)10-21(27)24-17-7-6-15(2)19(12-17)25-22(28)13-26(3)4;2-1-3/h5-9,11-12H,10,13H2,1-4H3,(H,24,27)(H,25,28);1H,(H,2,3). The molecule has 3 N–H and O–H groups in total. The Hall–Kier alpha value is -3.98. The molecule has 1 heterocycles. The Morgan fingerprint density at radius 2 is 1.73 bits per heavy atom. The zero-order chi connectivity index (χ0) is 24.5. The topological polar surface area (TPSA) is 129 Å². The van der Waals surface area contributed by atoms with Crippen LogP contribution in [0.3, 0.4) is 0 Å². The van der Waals surface area contributed by atoms with Crippen molar-refractivity contribution >= 4 is 40.6 Å². The molecular weight excluding hydrogens is 426 g/mol. The Morgan fingerprint density at radius 1 is 1.03 bits per heavy atom. The Labute approximate surface area is 191 Å². The number of rotatable bonds is 6. The number of fused-ring (bicyclic) bond motifs is 1. The van der Waals surface area contributed by atoms with E-state index >= 15 is 0 Å². The Bertz CT molecular complexity index is 1220. The summed E-state index contributed by atoms with van der Waals surface area (Å²) in [6.07, 6.45) is 0.0291. The van der Waals surface area contributed by atoms with Crippen LogP contribution in [0.1, 0.15) is 16.7 Å². The highest BCUT2D eigenvalue weighted by molar-refractivity contribution is 5.97. The van der Waals surface area contributed by atoms with E-state index in [9.17, 15) is 14.4 Å². The second-order valence-electron chi connectivity index (χ2n) is 7.74. The van der Waals surface area contributed by atoms with E-state index in [0.29, 0.717) is 22.5 Å². The van der Waals surface area contributed by atoms with Gasteiger partial charge >= 0.3 is 5.63 Å². The molecule has 0 unspecified atom stereocenters. The van der Waals surface area contributed by atoms with Gasteiger partial charge in [-0.25, -0.2) is 4.79 Å². The van der Waals surface area contributed by atoms with Gasteiger partial charge in [-0.1, -0.05) is 18.2 Å². The molecule has 2 amide bonds. The molecule has 9 heteroatoms. The molecule has 0 aliphatic rings. The minimum atomic E-state index is -0.489. The van der Waals surface area contributed by atoms with Crippen molar-refractivity contribution < 1.29 is 23.9 Å². The van der Waals surface area contributed by atoms with Crippen LogP contribution < -0.4 is 16.3 Å². The number of nitrogens with one attached hydrogen (secondary N) is 2. The van der Waals surface area contributed by atoms with Gasteiger partial charge in [-0.3, -0.25) is 14.4 Å². The summed E-state index contributed by atoms with van der Waals surface area (Å²) in [6, 6.07) is 12.2. The van der Waals surface area contributed by atoms with Gasteiger partial charge in [0.1, 0.15) is 5.58 Å². The Balaban J connectivity index is 0.00000122. The number of nitrogens with zero attached hydrogens (tertiary/aromatic N) is 1. The summed E-state index contributed by atoms with van der Waals surface area (Å²) in [7, 11) is 3.64. The molecule has 3 aromatic rings. The largest absolute Gasteiger partial charge is 0.483 e. The summed E-state index contributed by atoms with van der Waals surface area (Å²) in [5, 5.41) is 13.3. The summed E-state index contributed by atoms with van der Waals surface area (Å²) in [4.78, 5) is 46.7. The third-order valence-corrected chi connectivity index (χ3v) is 4.59. The van der Waals surface area contributed by atoms with Crippen molar-refractivity contribution in [3.8, 4) is 0 Å². The minimum Gasteiger partial charge on any atom is -0.483 e. The lowest BCUT2D eigenvalue weighted by atomic mass is 10.1. The number of amides is 2. The lowest BCUT2D eigenvalue weighted by Crippen LogP contribution is -2.27. The smallest absolute Gasteiger partial charge is 0.336 e. The quantitative estimate of drug-likeness (QED) is 0.387. The molecular formula is C24H27N3O6. The maximum atomic E-state index is 12.6. The number of likely N-dealkylation sites (N-methyl/N-ethyl adjacent to an activating group) is 1. The van der Waals surface area contributed by atoms with E-state index < -0.39 is 5.63 Å². The number of hydrogen-bond donors (Lipinski definition) is 3. The number of carbonyl (C=O) groups is 3. The molecule has 3 rings (SSSR count). The number of anilines is 2. The van der Waals surface area contributed by atoms with Gasteiger partial charge in [0.05, 0.1) is 13.0 Å². The van der Waals surface area contributed by atoms with Crippen LogP contribution in [0.15, 0.2) is 51.7 Å². The van der Waals surface area contributed by atoms with Gasteiger partial charge in [0.25, 0.3) is 6.47 Å². The molecule has 0 spiro atoms. The molecule has 0 fully saturated rings. The van der Waals surface area contributed by atoms with E-state index in [2.05, 4.69) is 10.6 Å². The zero-order valence-electron chi connectivity index (χ0n) is 19.0. The Morgan fingerprint density at radius 3 is 2.39 bits per heavy atom. The third-order valence-electron chi connectivity index (χ3n) is 4.59. The summed E-state index contributed by atoms with van der Waals surface area (Å²) < 4.78 is 5.25. The zero-order valence-corrected chi connectivity index (χ0v) is 19.0. The van der Waals surface area contributed by atoms with Crippen molar-refractivity contribution in [1.29, 1.82) is 0 Å². The van der Waals surface area contributed by atoms with Crippen LogP contribution in [0.2, 0.25) is 0 Å². The molecule has 174 valence electrons. The van der Waals surface area contributed by atoms with Crippen LogP contribution in [0.25, 0.3) is 11.0 Å². The van der Waals surface area contributed by atoms with E-state index in [1.807, 2.05) is 46.1 Å². The first-order valence-electron chi connectivity index (χ1n) is 10.1. The highest BCUT2D eigenvalue weighted by atomic mass is 16.4. The lowest BCUT2D eigenvalue weighted by molar-refractivity contribution is -0.123. The lowest BCUT2D eigenvalue weighted by Gasteiger charge is -2.14. The van der Waals surface area contributed by atoms with Gasteiger partial charge in [-0.2, -0.15) is 0 Å². The van der Waals surface area contributed by atoms with Crippen LogP contribution in [0, 0.1) is 13.8 Å². The fourth-order valence-corrected chi connectivity index (χ4v) is 3.17. The average molecular weight is 453 g/mol. The molecule has 9 nitrogen and oxygen atoms in total. The predicted molar refractivity (Wildman–Crippen MR) is 127 cm³/mol. The molecule has 0 saturated heterocycles. The van der Waals surface area contributed by atoms with Crippen molar-refractivity contribution in [2.75, 3.05) is 31.3 Å². The van der Waals surface area contributed by atoms with E-state index in [1.165, 1.54) is 6.07 Å². The molecule has 0 atom stereocenters. The van der Waals surface area contributed by atoms with Crippen LogP contribution in [0.4, 0.5) is 11.4 Å². The first-order chi connectivity index (χ1) is 15.6. The maximum Gasteiger partial charge on any atom is 0.336 e. The molecule has 2 aromatic carbocycles. The average Bonchev–Trinajstić information content (AvgIpc) is 2.70.